The highest BCUT2D eigenvalue weighted by atomic mass is 79.9. The van der Waals surface area contributed by atoms with Crippen molar-refractivity contribution < 1.29 is 4.79 Å². The molecule has 0 saturated heterocycles. The number of hydrogen-bond donors (Lipinski definition) is 2. The Labute approximate surface area is 137 Å². The van der Waals surface area contributed by atoms with E-state index in [1.807, 2.05) is 32.0 Å². The number of carbonyl (C=O) groups excluding carboxylic acids is 1. The van der Waals surface area contributed by atoms with E-state index in [1.54, 1.807) is 6.07 Å². The van der Waals surface area contributed by atoms with Crippen LogP contribution in [0.1, 0.15) is 22.8 Å². The van der Waals surface area contributed by atoms with Crippen molar-refractivity contribution in [3.05, 3.63) is 51.1 Å². The molecule has 1 aromatic heterocycles. The van der Waals surface area contributed by atoms with Gasteiger partial charge in [-0.25, -0.2) is 4.98 Å². The molecule has 1 aromatic carbocycles. The van der Waals surface area contributed by atoms with Crippen LogP contribution in [0.15, 0.2) is 34.9 Å². The van der Waals surface area contributed by atoms with Gasteiger partial charge >= 0.3 is 0 Å². The number of benzene rings is 1. The third-order valence-corrected chi connectivity index (χ3v) is 4.11. The molecule has 0 bridgehead atoms. The Morgan fingerprint density at radius 3 is 2.86 bits per heavy atom. The predicted octanol–water partition coefficient (Wildman–Crippen LogP) is 4.49. The third-order valence-electron chi connectivity index (χ3n) is 2.96. The van der Waals surface area contributed by atoms with Crippen LogP contribution in [0.3, 0.4) is 0 Å². The molecule has 2 rings (SSSR count). The Hall–Kier alpha value is -1.59. The lowest BCUT2D eigenvalue weighted by molar-refractivity contribution is 0.102. The number of hydrogen-bond acceptors (Lipinski definition) is 3. The Balaban J connectivity index is 2.21. The minimum atomic E-state index is -0.242. The zero-order valence-electron chi connectivity index (χ0n) is 11.7. The molecule has 4 nitrogen and oxygen atoms in total. The van der Waals surface area contributed by atoms with Gasteiger partial charge in [-0.15, -0.1) is 0 Å². The Morgan fingerprint density at radius 2 is 2.19 bits per heavy atom. The highest BCUT2D eigenvalue weighted by Crippen LogP contribution is 2.25. The number of halogens is 2. The molecule has 2 aromatic rings. The molecule has 2 N–H and O–H groups in total. The van der Waals surface area contributed by atoms with Gasteiger partial charge in [0, 0.05) is 22.9 Å². The number of carbonyl (C=O) groups is 1. The first-order valence-electron chi connectivity index (χ1n) is 6.48. The third kappa shape index (κ3) is 3.74. The molecule has 0 atom stereocenters. The summed E-state index contributed by atoms with van der Waals surface area (Å²) in [6.07, 6.45) is 1.51. The molecular formula is C15H15BrClN3O. The van der Waals surface area contributed by atoms with Crippen molar-refractivity contribution in [1.82, 2.24) is 4.98 Å². The van der Waals surface area contributed by atoms with Crippen molar-refractivity contribution in [3.63, 3.8) is 0 Å². The summed E-state index contributed by atoms with van der Waals surface area (Å²) in [4.78, 5) is 16.4. The number of nitrogens with zero attached hydrogens (tertiary/aromatic N) is 1. The van der Waals surface area contributed by atoms with Crippen LogP contribution in [0.2, 0.25) is 5.02 Å². The smallest absolute Gasteiger partial charge is 0.257 e. The minimum absolute atomic E-state index is 0.242. The van der Waals surface area contributed by atoms with Gasteiger partial charge in [0.05, 0.1) is 10.6 Å². The predicted molar refractivity (Wildman–Crippen MR) is 90.2 cm³/mol. The van der Waals surface area contributed by atoms with E-state index in [-0.39, 0.29) is 5.91 Å². The molecule has 0 saturated carbocycles. The van der Waals surface area contributed by atoms with E-state index in [1.165, 1.54) is 6.20 Å². The van der Waals surface area contributed by atoms with Gasteiger partial charge < -0.3 is 10.6 Å². The quantitative estimate of drug-likeness (QED) is 0.836. The minimum Gasteiger partial charge on any atom is -0.369 e. The summed E-state index contributed by atoms with van der Waals surface area (Å²) in [6.45, 7) is 4.60. The second kappa shape index (κ2) is 6.91. The lowest BCUT2D eigenvalue weighted by Crippen LogP contribution is -2.13. The second-order valence-corrected chi connectivity index (χ2v) is 5.71. The summed E-state index contributed by atoms with van der Waals surface area (Å²) in [5.41, 5.74) is 2.14. The lowest BCUT2D eigenvalue weighted by atomic mass is 10.2. The number of amides is 1. The van der Waals surface area contributed by atoms with E-state index in [0.717, 1.165) is 22.3 Å². The number of pyridine rings is 1. The van der Waals surface area contributed by atoms with Crippen molar-refractivity contribution in [3.8, 4) is 0 Å². The molecule has 110 valence electrons. The first kappa shape index (κ1) is 15.8. The number of nitrogens with one attached hydrogen (secondary N) is 2. The van der Waals surface area contributed by atoms with Crippen molar-refractivity contribution in [2.75, 3.05) is 17.2 Å². The summed E-state index contributed by atoms with van der Waals surface area (Å²) in [5.74, 6) is 0.336. The van der Waals surface area contributed by atoms with Gasteiger partial charge in [0.15, 0.2) is 0 Å². The molecule has 21 heavy (non-hydrogen) atoms. The van der Waals surface area contributed by atoms with Gasteiger partial charge in [0.2, 0.25) is 0 Å². The van der Waals surface area contributed by atoms with E-state index < -0.39 is 0 Å². The normalized spacial score (nSPS) is 10.3. The Morgan fingerprint density at radius 1 is 1.43 bits per heavy atom. The largest absolute Gasteiger partial charge is 0.369 e. The van der Waals surface area contributed by atoms with Gasteiger partial charge in [-0.3, -0.25) is 4.79 Å². The maximum atomic E-state index is 12.3. The van der Waals surface area contributed by atoms with E-state index in [9.17, 15) is 4.79 Å². The Kier molecular flexibility index (Phi) is 5.20. The fraction of sp³-hybridized carbons (Fsp3) is 0.200. The monoisotopic (exact) mass is 367 g/mol. The van der Waals surface area contributed by atoms with Crippen LogP contribution < -0.4 is 10.6 Å². The van der Waals surface area contributed by atoms with Gasteiger partial charge in [0.1, 0.15) is 5.82 Å². The first-order chi connectivity index (χ1) is 10.0. The SMILES string of the molecule is CCNc1ncc(C(=O)Nc2cccc(Br)c2C)cc1Cl. The molecule has 0 aliphatic rings. The molecule has 0 spiro atoms. The van der Waals surface area contributed by atoms with Crippen LogP contribution >= 0.6 is 27.5 Å². The average molecular weight is 369 g/mol. The summed E-state index contributed by atoms with van der Waals surface area (Å²) >= 11 is 9.54. The maximum absolute atomic E-state index is 12.3. The van der Waals surface area contributed by atoms with Crippen LogP contribution in [0.4, 0.5) is 11.5 Å². The molecular weight excluding hydrogens is 354 g/mol. The van der Waals surface area contributed by atoms with Gasteiger partial charge in [0.25, 0.3) is 5.91 Å². The zero-order valence-corrected chi connectivity index (χ0v) is 14.0. The Bertz CT molecular complexity index is 676. The van der Waals surface area contributed by atoms with Crippen molar-refractivity contribution in [2.24, 2.45) is 0 Å². The standard InChI is InChI=1S/C15H15BrClN3O/c1-3-18-14-12(17)7-10(8-19-14)15(21)20-13-6-4-5-11(16)9(13)2/h4-8H,3H2,1-2H3,(H,18,19)(H,20,21). The fourth-order valence-corrected chi connectivity index (χ4v) is 2.40. The summed E-state index contributed by atoms with van der Waals surface area (Å²) in [6, 6.07) is 7.25. The van der Waals surface area contributed by atoms with Crippen molar-refractivity contribution >= 4 is 44.9 Å². The molecule has 6 heteroatoms. The van der Waals surface area contributed by atoms with Crippen LogP contribution in [-0.2, 0) is 0 Å². The molecule has 0 unspecified atom stereocenters. The van der Waals surface area contributed by atoms with E-state index in [2.05, 4.69) is 31.5 Å². The summed E-state index contributed by atoms with van der Waals surface area (Å²) in [5, 5.41) is 6.31. The maximum Gasteiger partial charge on any atom is 0.257 e. The van der Waals surface area contributed by atoms with Crippen LogP contribution in [0, 0.1) is 6.92 Å². The number of rotatable bonds is 4. The zero-order chi connectivity index (χ0) is 15.4. The van der Waals surface area contributed by atoms with Crippen molar-refractivity contribution in [1.29, 1.82) is 0 Å². The van der Waals surface area contributed by atoms with Gasteiger partial charge in [-0.05, 0) is 37.6 Å². The highest BCUT2D eigenvalue weighted by Gasteiger charge is 2.11. The van der Waals surface area contributed by atoms with E-state index in [0.29, 0.717) is 16.4 Å². The van der Waals surface area contributed by atoms with Crippen LogP contribution in [-0.4, -0.2) is 17.4 Å². The molecule has 0 aliphatic carbocycles. The molecule has 0 fully saturated rings. The molecule has 1 heterocycles. The first-order valence-corrected chi connectivity index (χ1v) is 7.66. The van der Waals surface area contributed by atoms with E-state index in [4.69, 9.17) is 11.6 Å². The average Bonchev–Trinajstić information content (AvgIpc) is 2.46. The van der Waals surface area contributed by atoms with Crippen molar-refractivity contribution in [2.45, 2.75) is 13.8 Å². The number of aromatic nitrogens is 1. The topological polar surface area (TPSA) is 54.0 Å². The molecule has 1 amide bonds. The van der Waals surface area contributed by atoms with E-state index >= 15 is 0 Å². The second-order valence-electron chi connectivity index (χ2n) is 4.45. The summed E-state index contributed by atoms with van der Waals surface area (Å²) in [7, 11) is 0. The summed E-state index contributed by atoms with van der Waals surface area (Å²) < 4.78 is 0.943. The van der Waals surface area contributed by atoms with Gasteiger partial charge in [-0.1, -0.05) is 33.6 Å². The molecule has 0 radical (unpaired) electrons. The van der Waals surface area contributed by atoms with Gasteiger partial charge in [-0.2, -0.15) is 0 Å². The number of anilines is 2. The van der Waals surface area contributed by atoms with Crippen LogP contribution in [0.25, 0.3) is 0 Å². The molecule has 0 aliphatic heterocycles. The fourth-order valence-electron chi connectivity index (χ4n) is 1.80. The highest BCUT2D eigenvalue weighted by molar-refractivity contribution is 9.10. The lowest BCUT2D eigenvalue weighted by Gasteiger charge is -2.10. The van der Waals surface area contributed by atoms with Crippen LogP contribution in [0.5, 0.6) is 0 Å².